The minimum Gasteiger partial charge on any atom is -0.480 e. The smallest absolute Gasteiger partial charge is 0.326 e. The van der Waals surface area contributed by atoms with Crippen LogP contribution in [0.5, 0.6) is 0 Å². The normalized spacial score (nSPS) is 25.2. The fourth-order valence-electron chi connectivity index (χ4n) is 4.24. The lowest BCUT2D eigenvalue weighted by atomic mass is 9.84. The average Bonchev–Trinajstić information content (AvgIpc) is 3.06. The number of rotatable bonds is 6. The molecule has 3 unspecified atom stereocenters. The second kappa shape index (κ2) is 7.98. The lowest BCUT2D eigenvalue weighted by Gasteiger charge is -2.33. The molecule has 148 valence electrons. The SMILES string of the molecule is COCCS(=O)(=O)c1ccc(C(=O)N2C(C(=O)O)CC3CCCCC32)cc1. The Morgan fingerprint density at radius 1 is 1.19 bits per heavy atom. The standard InChI is InChI=1S/C19H25NO6S/c1-26-10-11-27(24,25)15-8-6-13(7-9-15)18(21)20-16-5-3-2-4-14(16)12-17(20)19(22)23/h6-9,14,16-17H,2-5,10-12H2,1H3,(H,22,23). The third kappa shape index (κ3) is 4.01. The summed E-state index contributed by atoms with van der Waals surface area (Å²) in [5.41, 5.74) is 0.318. The molecule has 1 saturated heterocycles. The van der Waals surface area contributed by atoms with Gasteiger partial charge in [-0.1, -0.05) is 12.8 Å². The summed E-state index contributed by atoms with van der Waals surface area (Å²) in [5.74, 6) is -1.21. The number of fused-ring (bicyclic) bond motifs is 1. The predicted molar refractivity (Wildman–Crippen MR) is 98.3 cm³/mol. The van der Waals surface area contributed by atoms with Gasteiger partial charge in [0.2, 0.25) is 0 Å². The molecular weight excluding hydrogens is 370 g/mol. The van der Waals surface area contributed by atoms with Crippen LogP contribution in [-0.2, 0) is 19.4 Å². The van der Waals surface area contributed by atoms with Crippen LogP contribution in [0.1, 0.15) is 42.5 Å². The monoisotopic (exact) mass is 395 g/mol. The van der Waals surface area contributed by atoms with E-state index < -0.39 is 21.8 Å². The van der Waals surface area contributed by atoms with E-state index in [4.69, 9.17) is 4.74 Å². The Hall–Kier alpha value is -1.93. The van der Waals surface area contributed by atoms with Crippen molar-refractivity contribution in [3.8, 4) is 0 Å². The van der Waals surface area contributed by atoms with Crippen LogP contribution in [0.15, 0.2) is 29.2 Å². The van der Waals surface area contributed by atoms with Crippen molar-refractivity contribution in [3.63, 3.8) is 0 Å². The van der Waals surface area contributed by atoms with E-state index >= 15 is 0 Å². The molecule has 1 aliphatic carbocycles. The first-order valence-electron chi connectivity index (χ1n) is 9.22. The van der Waals surface area contributed by atoms with Crippen molar-refractivity contribution < 1.29 is 27.9 Å². The van der Waals surface area contributed by atoms with Gasteiger partial charge in [0, 0.05) is 18.7 Å². The predicted octanol–water partition coefficient (Wildman–Crippen LogP) is 1.96. The van der Waals surface area contributed by atoms with Crippen LogP contribution in [0.4, 0.5) is 0 Å². The Kier molecular flexibility index (Phi) is 5.86. The van der Waals surface area contributed by atoms with Crippen LogP contribution in [0, 0.1) is 5.92 Å². The number of sulfone groups is 1. The van der Waals surface area contributed by atoms with Crippen molar-refractivity contribution in [3.05, 3.63) is 29.8 Å². The van der Waals surface area contributed by atoms with Crippen molar-refractivity contribution in [1.82, 2.24) is 4.90 Å². The number of aliphatic carboxylic acids is 1. The molecule has 1 aromatic carbocycles. The maximum Gasteiger partial charge on any atom is 0.326 e. The van der Waals surface area contributed by atoms with E-state index in [0.29, 0.717) is 12.0 Å². The number of nitrogens with zero attached hydrogens (tertiary/aromatic N) is 1. The minimum absolute atomic E-state index is 0.0440. The lowest BCUT2D eigenvalue weighted by Crippen LogP contribution is -2.46. The van der Waals surface area contributed by atoms with Crippen LogP contribution < -0.4 is 0 Å². The average molecular weight is 395 g/mol. The summed E-state index contributed by atoms with van der Waals surface area (Å²) in [4.78, 5) is 26.4. The van der Waals surface area contributed by atoms with Crippen molar-refractivity contribution in [1.29, 1.82) is 0 Å². The van der Waals surface area contributed by atoms with Gasteiger partial charge < -0.3 is 14.7 Å². The Morgan fingerprint density at radius 3 is 2.48 bits per heavy atom. The highest BCUT2D eigenvalue weighted by molar-refractivity contribution is 7.91. The Labute approximate surface area is 159 Å². The molecular formula is C19H25NO6S. The van der Waals surface area contributed by atoms with Gasteiger partial charge in [0.1, 0.15) is 6.04 Å². The number of amides is 1. The molecule has 1 aromatic rings. The zero-order valence-electron chi connectivity index (χ0n) is 15.3. The Morgan fingerprint density at radius 2 is 1.85 bits per heavy atom. The molecule has 1 saturated carbocycles. The van der Waals surface area contributed by atoms with Gasteiger partial charge in [-0.15, -0.1) is 0 Å². The zero-order valence-corrected chi connectivity index (χ0v) is 16.2. The van der Waals surface area contributed by atoms with Crippen LogP contribution in [-0.4, -0.2) is 61.9 Å². The molecule has 7 nitrogen and oxygen atoms in total. The Balaban J connectivity index is 1.83. The molecule has 8 heteroatoms. The van der Waals surface area contributed by atoms with Crippen LogP contribution >= 0.6 is 0 Å². The van der Waals surface area contributed by atoms with Gasteiger partial charge in [-0.25, -0.2) is 13.2 Å². The van der Waals surface area contributed by atoms with E-state index in [-0.39, 0.29) is 35.1 Å². The number of hydrogen-bond donors (Lipinski definition) is 1. The number of ether oxygens (including phenoxy) is 1. The van der Waals surface area contributed by atoms with Crippen molar-refractivity contribution in [2.75, 3.05) is 19.5 Å². The summed E-state index contributed by atoms with van der Waals surface area (Å²) in [7, 11) is -2.04. The quantitative estimate of drug-likeness (QED) is 0.790. The number of carboxylic acid groups (broad SMARTS) is 1. The second-order valence-corrected chi connectivity index (χ2v) is 9.36. The number of carbonyl (C=O) groups is 2. The van der Waals surface area contributed by atoms with E-state index in [1.165, 1.54) is 36.3 Å². The lowest BCUT2D eigenvalue weighted by molar-refractivity contribution is -0.141. The highest BCUT2D eigenvalue weighted by Gasteiger charge is 2.47. The molecule has 1 N–H and O–H groups in total. The van der Waals surface area contributed by atoms with Gasteiger partial charge in [-0.2, -0.15) is 0 Å². The van der Waals surface area contributed by atoms with Crippen LogP contribution in [0.2, 0.25) is 0 Å². The maximum atomic E-state index is 13.0. The van der Waals surface area contributed by atoms with Gasteiger partial charge in [-0.05, 0) is 49.4 Å². The number of methoxy groups -OCH3 is 1. The first-order valence-corrected chi connectivity index (χ1v) is 10.9. The minimum atomic E-state index is -3.47. The summed E-state index contributed by atoms with van der Waals surface area (Å²) in [5, 5.41) is 9.57. The molecule has 0 aromatic heterocycles. The van der Waals surface area contributed by atoms with E-state index in [1.54, 1.807) is 0 Å². The van der Waals surface area contributed by atoms with E-state index in [0.717, 1.165) is 25.7 Å². The summed E-state index contributed by atoms with van der Waals surface area (Å²) in [6.07, 6.45) is 4.34. The number of hydrogen-bond acceptors (Lipinski definition) is 5. The van der Waals surface area contributed by atoms with E-state index in [1.807, 2.05) is 0 Å². The summed E-state index contributed by atoms with van der Waals surface area (Å²) in [6.45, 7) is 0.0974. The molecule has 1 aliphatic heterocycles. The van der Waals surface area contributed by atoms with Crippen molar-refractivity contribution >= 4 is 21.7 Å². The van der Waals surface area contributed by atoms with Gasteiger partial charge in [0.15, 0.2) is 9.84 Å². The number of carbonyl (C=O) groups excluding carboxylic acids is 1. The van der Waals surface area contributed by atoms with E-state index in [2.05, 4.69) is 0 Å². The first-order chi connectivity index (χ1) is 12.8. The molecule has 3 rings (SSSR count). The highest BCUT2D eigenvalue weighted by atomic mass is 32.2. The second-order valence-electron chi connectivity index (χ2n) is 7.25. The van der Waals surface area contributed by atoms with Crippen molar-refractivity contribution in [2.24, 2.45) is 5.92 Å². The molecule has 1 amide bonds. The summed E-state index contributed by atoms with van der Waals surface area (Å²) < 4.78 is 29.2. The fourth-order valence-corrected chi connectivity index (χ4v) is 5.41. The first kappa shape index (κ1) is 19.8. The maximum absolute atomic E-state index is 13.0. The van der Waals surface area contributed by atoms with Gasteiger partial charge in [0.25, 0.3) is 5.91 Å². The molecule has 0 bridgehead atoms. The third-order valence-corrected chi connectivity index (χ3v) is 7.32. The van der Waals surface area contributed by atoms with E-state index in [9.17, 15) is 23.1 Å². The van der Waals surface area contributed by atoms with Gasteiger partial charge in [0.05, 0.1) is 17.3 Å². The zero-order chi connectivity index (χ0) is 19.6. The summed E-state index contributed by atoms with van der Waals surface area (Å²) >= 11 is 0. The third-order valence-electron chi connectivity index (χ3n) is 5.62. The topological polar surface area (TPSA) is 101 Å². The fraction of sp³-hybridized carbons (Fsp3) is 0.579. The van der Waals surface area contributed by atoms with Crippen molar-refractivity contribution in [2.45, 2.75) is 49.1 Å². The van der Waals surface area contributed by atoms with Gasteiger partial charge in [-0.3, -0.25) is 4.79 Å². The molecule has 0 spiro atoms. The highest BCUT2D eigenvalue weighted by Crippen LogP contribution is 2.40. The molecule has 2 fully saturated rings. The van der Waals surface area contributed by atoms with Gasteiger partial charge >= 0.3 is 5.97 Å². The number of carboxylic acids is 1. The molecule has 0 radical (unpaired) electrons. The van der Waals surface area contributed by atoms with Crippen LogP contribution in [0.3, 0.4) is 0 Å². The molecule has 1 heterocycles. The largest absolute Gasteiger partial charge is 0.480 e. The number of likely N-dealkylation sites (tertiary alicyclic amines) is 1. The molecule has 2 aliphatic rings. The number of benzene rings is 1. The summed E-state index contributed by atoms with van der Waals surface area (Å²) in [6, 6.07) is 4.90. The molecule has 27 heavy (non-hydrogen) atoms. The Bertz CT molecular complexity index is 804. The molecule has 3 atom stereocenters. The van der Waals surface area contributed by atoms with Crippen LogP contribution in [0.25, 0.3) is 0 Å².